The lowest BCUT2D eigenvalue weighted by Gasteiger charge is -2.39. The number of nitrogens with zero attached hydrogens (tertiary/aromatic N) is 4. The lowest BCUT2D eigenvalue weighted by molar-refractivity contribution is -0.137. The molecule has 6 nitrogen and oxygen atoms in total. The lowest BCUT2D eigenvalue weighted by atomic mass is 10.0. The predicted octanol–water partition coefficient (Wildman–Crippen LogP) is 1.30. The van der Waals surface area contributed by atoms with Crippen LogP contribution in [0.4, 0.5) is 0 Å². The Hall–Kier alpha value is -1.92. The van der Waals surface area contributed by atoms with Crippen LogP contribution in [-0.4, -0.2) is 91.3 Å². The molecule has 0 aromatic heterocycles. The Labute approximate surface area is 157 Å². The van der Waals surface area contributed by atoms with Gasteiger partial charge in [-0.2, -0.15) is 0 Å². The molecule has 1 aliphatic rings. The van der Waals surface area contributed by atoms with Crippen molar-refractivity contribution in [2.75, 3.05) is 59.9 Å². The molecule has 0 aliphatic carbocycles. The Kier molecular flexibility index (Phi) is 7.60. The number of piperazine rings is 1. The van der Waals surface area contributed by atoms with Gasteiger partial charge in [-0.15, -0.1) is 0 Å². The quantitative estimate of drug-likeness (QED) is 0.735. The summed E-state index contributed by atoms with van der Waals surface area (Å²) in [5.41, 5.74) is 1.03. The molecule has 144 valence electrons. The second kappa shape index (κ2) is 9.69. The zero-order valence-electron chi connectivity index (χ0n) is 16.5. The Morgan fingerprint density at radius 2 is 1.58 bits per heavy atom. The summed E-state index contributed by atoms with van der Waals surface area (Å²) in [6.45, 7) is 9.16. The first-order chi connectivity index (χ1) is 12.5. The number of likely N-dealkylation sites (N-methyl/N-ethyl adjacent to an activating group) is 2. The molecule has 1 aliphatic heterocycles. The highest BCUT2D eigenvalue weighted by Gasteiger charge is 2.31. The largest absolute Gasteiger partial charge is 0.347 e. The van der Waals surface area contributed by atoms with E-state index in [0.29, 0.717) is 6.54 Å². The summed E-state index contributed by atoms with van der Waals surface area (Å²) in [5.74, 6) is 0.288. The van der Waals surface area contributed by atoms with Gasteiger partial charge in [0.2, 0.25) is 11.8 Å². The minimum atomic E-state index is -0.258. The average Bonchev–Trinajstić information content (AvgIpc) is 2.65. The average molecular weight is 361 g/mol. The second-order valence-corrected chi connectivity index (χ2v) is 6.92. The van der Waals surface area contributed by atoms with Crippen LogP contribution in [0.3, 0.4) is 0 Å². The van der Waals surface area contributed by atoms with Crippen LogP contribution in [0.5, 0.6) is 0 Å². The molecular weight excluding hydrogens is 328 g/mol. The van der Waals surface area contributed by atoms with Gasteiger partial charge in [-0.3, -0.25) is 19.4 Å². The van der Waals surface area contributed by atoms with Gasteiger partial charge in [0.05, 0.1) is 6.54 Å². The summed E-state index contributed by atoms with van der Waals surface area (Å²) in [6, 6.07) is 9.70. The van der Waals surface area contributed by atoms with E-state index >= 15 is 0 Å². The molecule has 6 heteroatoms. The maximum atomic E-state index is 12.8. The van der Waals surface area contributed by atoms with Gasteiger partial charge in [0, 0.05) is 53.4 Å². The summed E-state index contributed by atoms with van der Waals surface area (Å²) in [4.78, 5) is 33.1. The second-order valence-electron chi connectivity index (χ2n) is 6.92. The van der Waals surface area contributed by atoms with Gasteiger partial charge in [0.25, 0.3) is 0 Å². The molecule has 26 heavy (non-hydrogen) atoms. The van der Waals surface area contributed by atoms with Crippen molar-refractivity contribution in [3.8, 4) is 0 Å². The maximum absolute atomic E-state index is 12.8. The van der Waals surface area contributed by atoms with E-state index in [4.69, 9.17) is 0 Å². The summed E-state index contributed by atoms with van der Waals surface area (Å²) in [5, 5.41) is 0. The van der Waals surface area contributed by atoms with Crippen LogP contribution >= 0.6 is 0 Å². The zero-order chi connectivity index (χ0) is 19.1. The first kappa shape index (κ1) is 20.4. The van der Waals surface area contributed by atoms with E-state index in [2.05, 4.69) is 9.80 Å². The first-order valence-electron chi connectivity index (χ1n) is 9.48. The molecule has 1 unspecified atom stereocenters. The van der Waals surface area contributed by atoms with E-state index in [-0.39, 0.29) is 17.9 Å². The van der Waals surface area contributed by atoms with Crippen LogP contribution in [0, 0.1) is 0 Å². The Bertz CT molecular complexity index is 579. The highest BCUT2D eigenvalue weighted by atomic mass is 16.2. The molecule has 2 rings (SSSR count). The van der Waals surface area contributed by atoms with E-state index in [0.717, 1.165) is 44.8 Å². The normalized spacial score (nSPS) is 16.9. The van der Waals surface area contributed by atoms with Gasteiger partial charge in [0.15, 0.2) is 0 Å². The highest BCUT2D eigenvalue weighted by molar-refractivity contribution is 5.83. The van der Waals surface area contributed by atoms with Crippen LogP contribution in [0.1, 0.15) is 25.5 Å². The van der Waals surface area contributed by atoms with E-state index in [1.165, 1.54) is 0 Å². The molecule has 1 saturated heterocycles. The monoisotopic (exact) mass is 360 g/mol. The Balaban J connectivity index is 2.01. The van der Waals surface area contributed by atoms with Crippen LogP contribution in [0.25, 0.3) is 0 Å². The van der Waals surface area contributed by atoms with Crippen LogP contribution in [0.15, 0.2) is 30.3 Å². The third-order valence-corrected chi connectivity index (χ3v) is 5.04. The van der Waals surface area contributed by atoms with Crippen molar-refractivity contribution in [3.63, 3.8) is 0 Å². The van der Waals surface area contributed by atoms with Gasteiger partial charge in [-0.25, -0.2) is 0 Å². The third-order valence-electron chi connectivity index (χ3n) is 5.04. The molecule has 1 fully saturated rings. The number of amides is 2. The molecule has 1 heterocycles. The van der Waals surface area contributed by atoms with Crippen molar-refractivity contribution in [3.05, 3.63) is 35.9 Å². The topological polar surface area (TPSA) is 47.1 Å². The zero-order valence-corrected chi connectivity index (χ0v) is 16.5. The number of rotatable bonds is 7. The molecule has 1 atom stereocenters. The number of carbonyl (C=O) groups is 2. The molecule has 2 amide bonds. The van der Waals surface area contributed by atoms with Crippen molar-refractivity contribution in [1.82, 2.24) is 19.6 Å². The Morgan fingerprint density at radius 1 is 1.00 bits per heavy atom. The fourth-order valence-electron chi connectivity index (χ4n) is 3.44. The van der Waals surface area contributed by atoms with E-state index in [1.54, 1.807) is 19.0 Å². The van der Waals surface area contributed by atoms with E-state index in [1.807, 2.05) is 49.1 Å². The highest BCUT2D eigenvalue weighted by Crippen LogP contribution is 2.24. The molecule has 0 bridgehead atoms. The summed E-state index contributed by atoms with van der Waals surface area (Å²) in [7, 11) is 3.61. The van der Waals surface area contributed by atoms with Crippen molar-refractivity contribution in [1.29, 1.82) is 0 Å². The summed E-state index contributed by atoms with van der Waals surface area (Å²) < 4.78 is 0. The van der Waals surface area contributed by atoms with Gasteiger partial charge in [-0.1, -0.05) is 30.3 Å². The summed E-state index contributed by atoms with van der Waals surface area (Å²) in [6.07, 6.45) is 0. The van der Waals surface area contributed by atoms with Gasteiger partial charge < -0.3 is 9.80 Å². The standard InChI is InChI=1S/C20H32N4O2/c1-5-23(6-2)18(25)16-22-12-14-24(15-13-22)19(20(26)21(3)4)17-10-8-7-9-11-17/h7-11,19H,5-6,12-16H2,1-4H3. The number of benzene rings is 1. The van der Waals surface area contributed by atoms with E-state index in [9.17, 15) is 9.59 Å². The molecule has 1 aromatic carbocycles. The SMILES string of the molecule is CCN(CC)C(=O)CN1CCN(C(C(=O)N(C)C)c2ccccc2)CC1. The predicted molar refractivity (Wildman–Crippen MR) is 104 cm³/mol. The summed E-state index contributed by atoms with van der Waals surface area (Å²) >= 11 is 0. The third kappa shape index (κ3) is 5.05. The molecule has 0 saturated carbocycles. The molecule has 0 N–H and O–H groups in total. The minimum absolute atomic E-state index is 0.101. The maximum Gasteiger partial charge on any atom is 0.244 e. The van der Waals surface area contributed by atoms with Crippen LogP contribution in [0.2, 0.25) is 0 Å². The molecule has 0 spiro atoms. The fourth-order valence-corrected chi connectivity index (χ4v) is 3.44. The molecular formula is C20H32N4O2. The van der Waals surface area contributed by atoms with Gasteiger partial charge in [0.1, 0.15) is 6.04 Å². The smallest absolute Gasteiger partial charge is 0.244 e. The van der Waals surface area contributed by atoms with Crippen molar-refractivity contribution in [2.24, 2.45) is 0 Å². The lowest BCUT2D eigenvalue weighted by Crippen LogP contribution is -2.52. The van der Waals surface area contributed by atoms with Gasteiger partial charge >= 0.3 is 0 Å². The molecule has 0 radical (unpaired) electrons. The number of hydrogen-bond acceptors (Lipinski definition) is 4. The van der Waals surface area contributed by atoms with Crippen molar-refractivity contribution in [2.45, 2.75) is 19.9 Å². The number of hydrogen-bond donors (Lipinski definition) is 0. The molecule has 1 aromatic rings. The minimum Gasteiger partial charge on any atom is -0.347 e. The van der Waals surface area contributed by atoms with Crippen molar-refractivity contribution < 1.29 is 9.59 Å². The Morgan fingerprint density at radius 3 is 2.08 bits per heavy atom. The van der Waals surface area contributed by atoms with Crippen molar-refractivity contribution >= 4 is 11.8 Å². The number of carbonyl (C=O) groups excluding carboxylic acids is 2. The fraction of sp³-hybridized carbons (Fsp3) is 0.600. The van der Waals surface area contributed by atoms with E-state index < -0.39 is 0 Å². The first-order valence-corrected chi connectivity index (χ1v) is 9.48. The van der Waals surface area contributed by atoms with Gasteiger partial charge in [-0.05, 0) is 19.4 Å². The van der Waals surface area contributed by atoms with Crippen LogP contribution in [-0.2, 0) is 9.59 Å². The van der Waals surface area contributed by atoms with Crippen LogP contribution < -0.4 is 0 Å².